The molecule has 166 valence electrons. The molecule has 0 saturated carbocycles. The highest BCUT2D eigenvalue weighted by Gasteiger charge is 2.21. The number of benzene rings is 2. The molecule has 1 aliphatic rings. The predicted octanol–water partition coefficient (Wildman–Crippen LogP) is 4.50. The van der Waals surface area contributed by atoms with Crippen molar-refractivity contribution in [1.82, 2.24) is 9.80 Å². The van der Waals surface area contributed by atoms with Crippen LogP contribution in [-0.2, 0) is 16.0 Å². The number of carbonyl (C=O) groups is 2. The fourth-order valence-corrected chi connectivity index (χ4v) is 3.88. The molecule has 0 radical (unpaired) electrons. The lowest BCUT2D eigenvalue weighted by Gasteiger charge is -2.22. The van der Waals surface area contributed by atoms with Crippen LogP contribution in [0.5, 0.6) is 5.75 Å². The van der Waals surface area contributed by atoms with Crippen LogP contribution in [0.15, 0.2) is 48.5 Å². The van der Waals surface area contributed by atoms with Gasteiger partial charge in [-0.15, -0.1) is 0 Å². The zero-order valence-corrected chi connectivity index (χ0v) is 18.9. The van der Waals surface area contributed by atoms with Crippen LogP contribution in [0, 0.1) is 6.92 Å². The molecule has 1 fully saturated rings. The molecule has 1 heterocycles. The first-order valence-corrected chi connectivity index (χ1v) is 11.4. The summed E-state index contributed by atoms with van der Waals surface area (Å²) >= 11 is 5.91. The standard InChI is InChI=1S/C25H31ClN2O3/c1-20-6-2-3-7-23(20)31-19-4-8-24(29)27-15-5-16-28(18-17-27)25(30)14-11-21-9-12-22(26)13-10-21/h2-3,6-7,9-10,12-13H,4-5,8,11,14-19H2,1H3. The number of para-hydroxylation sites is 1. The molecule has 0 N–H and O–H groups in total. The summed E-state index contributed by atoms with van der Waals surface area (Å²) in [6, 6.07) is 15.5. The largest absolute Gasteiger partial charge is 0.493 e. The maximum atomic E-state index is 12.6. The first-order valence-electron chi connectivity index (χ1n) is 11.0. The topological polar surface area (TPSA) is 49.9 Å². The van der Waals surface area contributed by atoms with Crippen molar-refractivity contribution in [1.29, 1.82) is 0 Å². The average molecular weight is 443 g/mol. The molecule has 0 atom stereocenters. The molecule has 5 nitrogen and oxygen atoms in total. The van der Waals surface area contributed by atoms with E-state index < -0.39 is 0 Å². The molecule has 0 aromatic heterocycles. The van der Waals surface area contributed by atoms with Crippen LogP contribution in [0.2, 0.25) is 5.02 Å². The Morgan fingerprint density at radius 1 is 0.903 bits per heavy atom. The van der Waals surface area contributed by atoms with Gasteiger partial charge in [-0.3, -0.25) is 9.59 Å². The summed E-state index contributed by atoms with van der Waals surface area (Å²) in [4.78, 5) is 29.0. The number of aryl methyl sites for hydroxylation is 2. The molecule has 0 aliphatic carbocycles. The zero-order chi connectivity index (χ0) is 22.1. The van der Waals surface area contributed by atoms with Gasteiger partial charge < -0.3 is 14.5 Å². The predicted molar refractivity (Wildman–Crippen MR) is 123 cm³/mol. The SMILES string of the molecule is Cc1ccccc1OCCCC(=O)N1CCCN(C(=O)CCc2ccc(Cl)cc2)CC1. The number of hydrogen-bond acceptors (Lipinski definition) is 3. The van der Waals surface area contributed by atoms with Gasteiger partial charge in [0.2, 0.25) is 11.8 Å². The molecule has 3 rings (SSSR count). The van der Waals surface area contributed by atoms with E-state index in [2.05, 4.69) is 0 Å². The van der Waals surface area contributed by atoms with Crippen LogP contribution >= 0.6 is 11.6 Å². The van der Waals surface area contributed by atoms with E-state index in [0.29, 0.717) is 63.5 Å². The van der Waals surface area contributed by atoms with Crippen molar-refractivity contribution < 1.29 is 14.3 Å². The quantitative estimate of drug-likeness (QED) is 0.565. The van der Waals surface area contributed by atoms with E-state index in [1.54, 1.807) is 0 Å². The van der Waals surface area contributed by atoms with E-state index in [0.717, 1.165) is 23.3 Å². The number of halogens is 1. The van der Waals surface area contributed by atoms with Crippen LogP contribution in [0.25, 0.3) is 0 Å². The van der Waals surface area contributed by atoms with E-state index in [1.807, 2.05) is 65.3 Å². The number of nitrogens with zero attached hydrogens (tertiary/aromatic N) is 2. The smallest absolute Gasteiger partial charge is 0.222 e. The molecule has 1 aliphatic heterocycles. The molecule has 2 amide bonds. The van der Waals surface area contributed by atoms with Gasteiger partial charge in [-0.25, -0.2) is 0 Å². The summed E-state index contributed by atoms with van der Waals surface area (Å²) in [5, 5.41) is 0.703. The third-order valence-corrected chi connectivity index (χ3v) is 5.88. The summed E-state index contributed by atoms with van der Waals surface area (Å²) in [6.45, 7) is 5.16. The van der Waals surface area contributed by atoms with E-state index in [-0.39, 0.29) is 11.8 Å². The highest BCUT2D eigenvalue weighted by Crippen LogP contribution is 2.17. The number of ether oxygens (including phenoxy) is 1. The molecular formula is C25H31ClN2O3. The van der Waals surface area contributed by atoms with Crippen molar-refractivity contribution in [2.45, 2.75) is 39.0 Å². The molecule has 1 saturated heterocycles. The number of carbonyl (C=O) groups excluding carboxylic acids is 2. The fraction of sp³-hybridized carbons (Fsp3) is 0.440. The van der Waals surface area contributed by atoms with Crippen molar-refractivity contribution in [2.24, 2.45) is 0 Å². The van der Waals surface area contributed by atoms with Gasteiger partial charge in [0, 0.05) is 44.0 Å². The van der Waals surface area contributed by atoms with Gasteiger partial charge in [0.25, 0.3) is 0 Å². The summed E-state index contributed by atoms with van der Waals surface area (Å²) in [5.41, 5.74) is 2.21. The minimum absolute atomic E-state index is 0.142. The summed E-state index contributed by atoms with van der Waals surface area (Å²) in [7, 11) is 0. The Kier molecular flexibility index (Phi) is 8.77. The lowest BCUT2D eigenvalue weighted by molar-refractivity contribution is -0.133. The van der Waals surface area contributed by atoms with Gasteiger partial charge in [0.15, 0.2) is 0 Å². The minimum atomic E-state index is 0.142. The Morgan fingerprint density at radius 3 is 2.23 bits per heavy atom. The molecule has 0 bridgehead atoms. The van der Waals surface area contributed by atoms with Crippen LogP contribution in [-0.4, -0.2) is 54.4 Å². The average Bonchev–Trinajstić information content (AvgIpc) is 3.03. The van der Waals surface area contributed by atoms with E-state index in [1.165, 1.54) is 0 Å². The van der Waals surface area contributed by atoms with Crippen molar-refractivity contribution in [3.63, 3.8) is 0 Å². The van der Waals surface area contributed by atoms with Gasteiger partial charge in [-0.1, -0.05) is 41.9 Å². The Labute approximate surface area is 189 Å². The molecular weight excluding hydrogens is 412 g/mol. The maximum absolute atomic E-state index is 12.6. The third-order valence-electron chi connectivity index (χ3n) is 5.63. The van der Waals surface area contributed by atoms with E-state index in [4.69, 9.17) is 16.3 Å². The zero-order valence-electron chi connectivity index (χ0n) is 18.2. The normalized spacial score (nSPS) is 14.3. The van der Waals surface area contributed by atoms with Gasteiger partial charge in [-0.2, -0.15) is 0 Å². The van der Waals surface area contributed by atoms with E-state index >= 15 is 0 Å². The second-order valence-corrected chi connectivity index (χ2v) is 8.40. The van der Waals surface area contributed by atoms with Gasteiger partial charge in [-0.05, 0) is 55.5 Å². The molecule has 2 aromatic carbocycles. The molecule has 6 heteroatoms. The Balaban J connectivity index is 1.37. The summed E-state index contributed by atoms with van der Waals surface area (Å²) in [5.74, 6) is 1.16. The number of amides is 2. The van der Waals surface area contributed by atoms with Crippen molar-refractivity contribution in [3.05, 3.63) is 64.7 Å². The van der Waals surface area contributed by atoms with Gasteiger partial charge >= 0.3 is 0 Å². The minimum Gasteiger partial charge on any atom is -0.493 e. The number of rotatable bonds is 8. The molecule has 31 heavy (non-hydrogen) atoms. The Hall–Kier alpha value is -2.53. The number of hydrogen-bond donors (Lipinski definition) is 0. The molecule has 0 unspecified atom stereocenters. The first kappa shape index (κ1) is 23.1. The lowest BCUT2D eigenvalue weighted by atomic mass is 10.1. The van der Waals surface area contributed by atoms with Crippen LogP contribution in [0.1, 0.15) is 36.8 Å². The fourth-order valence-electron chi connectivity index (χ4n) is 3.76. The van der Waals surface area contributed by atoms with E-state index in [9.17, 15) is 9.59 Å². The van der Waals surface area contributed by atoms with Gasteiger partial charge in [0.1, 0.15) is 5.75 Å². The van der Waals surface area contributed by atoms with Crippen molar-refractivity contribution in [3.8, 4) is 5.75 Å². The lowest BCUT2D eigenvalue weighted by Crippen LogP contribution is -2.37. The van der Waals surface area contributed by atoms with Crippen LogP contribution in [0.3, 0.4) is 0 Å². The summed E-state index contributed by atoms with van der Waals surface area (Å²) < 4.78 is 5.79. The highest BCUT2D eigenvalue weighted by atomic mass is 35.5. The molecule has 0 spiro atoms. The summed E-state index contributed by atoms with van der Waals surface area (Å²) in [6.07, 6.45) is 3.16. The Bertz CT molecular complexity index is 869. The maximum Gasteiger partial charge on any atom is 0.222 e. The van der Waals surface area contributed by atoms with Crippen molar-refractivity contribution >= 4 is 23.4 Å². The monoisotopic (exact) mass is 442 g/mol. The first-order chi connectivity index (χ1) is 15.0. The Morgan fingerprint density at radius 2 is 1.55 bits per heavy atom. The second kappa shape index (κ2) is 11.8. The molecule has 2 aromatic rings. The highest BCUT2D eigenvalue weighted by molar-refractivity contribution is 6.30. The van der Waals surface area contributed by atoms with Gasteiger partial charge in [0.05, 0.1) is 6.61 Å². The second-order valence-electron chi connectivity index (χ2n) is 7.96. The van der Waals surface area contributed by atoms with Crippen LogP contribution in [0.4, 0.5) is 0 Å². The van der Waals surface area contributed by atoms with Crippen LogP contribution < -0.4 is 4.74 Å². The third kappa shape index (κ3) is 7.28. The van der Waals surface area contributed by atoms with Crippen molar-refractivity contribution in [2.75, 3.05) is 32.8 Å².